The van der Waals surface area contributed by atoms with Gasteiger partial charge in [0.15, 0.2) is 0 Å². The zero-order valence-electron chi connectivity index (χ0n) is 15.2. The molecule has 7 heteroatoms. The first-order chi connectivity index (χ1) is 11.7. The van der Waals surface area contributed by atoms with Crippen molar-refractivity contribution in [2.24, 2.45) is 0 Å². The van der Waals surface area contributed by atoms with E-state index >= 15 is 0 Å². The molecule has 0 spiro atoms. The third-order valence-electron chi connectivity index (χ3n) is 3.17. The largest absolute Gasteiger partial charge is 0.444 e. The molecule has 0 heterocycles. The van der Waals surface area contributed by atoms with Crippen molar-refractivity contribution in [3.63, 3.8) is 0 Å². The van der Waals surface area contributed by atoms with Crippen LogP contribution >= 0.6 is 11.6 Å². The first kappa shape index (κ1) is 21.3. The van der Waals surface area contributed by atoms with E-state index in [1.165, 1.54) is 0 Å². The normalized spacial score (nSPS) is 13.6. The lowest BCUT2D eigenvalue weighted by Gasteiger charge is -2.26. The van der Waals surface area contributed by atoms with Crippen LogP contribution in [0.1, 0.15) is 33.3 Å². The number of alkyl halides is 1. The maximum absolute atomic E-state index is 12.3. The number of ether oxygens (including phenoxy) is 2. The van der Waals surface area contributed by atoms with E-state index in [0.717, 1.165) is 5.56 Å². The standard InChI is InChI=1S/C18H27ClN2O4/c1-13(24-12-14-8-6-5-7-9-14)15(16(22)20-11-10-19)21-17(23)25-18(2,3)4/h5-9,13,15H,10-12H2,1-4H3,(H,20,22)(H,21,23)/t13-,15-/m1/s1. The third-order valence-corrected chi connectivity index (χ3v) is 3.36. The fourth-order valence-electron chi connectivity index (χ4n) is 2.01. The van der Waals surface area contributed by atoms with E-state index in [4.69, 9.17) is 21.1 Å². The summed E-state index contributed by atoms with van der Waals surface area (Å²) in [5.74, 6) is -0.0866. The Bertz CT molecular complexity index is 546. The maximum Gasteiger partial charge on any atom is 0.408 e. The van der Waals surface area contributed by atoms with E-state index < -0.39 is 23.8 Å². The number of amides is 2. The molecule has 2 amide bonds. The number of carbonyl (C=O) groups is 2. The van der Waals surface area contributed by atoms with Crippen molar-refractivity contribution in [2.45, 2.75) is 52.0 Å². The quantitative estimate of drug-likeness (QED) is 0.690. The van der Waals surface area contributed by atoms with Gasteiger partial charge in [0, 0.05) is 12.4 Å². The predicted octanol–water partition coefficient (Wildman–Crippen LogP) is 2.84. The van der Waals surface area contributed by atoms with E-state index in [-0.39, 0.29) is 11.8 Å². The second-order valence-electron chi connectivity index (χ2n) is 6.61. The highest BCUT2D eigenvalue weighted by Crippen LogP contribution is 2.10. The summed E-state index contributed by atoms with van der Waals surface area (Å²) < 4.78 is 11.0. The molecule has 0 radical (unpaired) electrons. The van der Waals surface area contributed by atoms with Crippen molar-refractivity contribution in [3.8, 4) is 0 Å². The van der Waals surface area contributed by atoms with Crippen LogP contribution in [-0.4, -0.2) is 42.2 Å². The highest BCUT2D eigenvalue weighted by Gasteiger charge is 2.29. The van der Waals surface area contributed by atoms with Crippen LogP contribution in [0.15, 0.2) is 30.3 Å². The zero-order valence-corrected chi connectivity index (χ0v) is 15.9. The topological polar surface area (TPSA) is 76.7 Å². The molecule has 0 fully saturated rings. The number of alkyl carbamates (subject to hydrolysis) is 1. The molecule has 0 bridgehead atoms. The van der Waals surface area contributed by atoms with E-state index in [9.17, 15) is 9.59 Å². The highest BCUT2D eigenvalue weighted by molar-refractivity contribution is 6.18. The Morgan fingerprint density at radius 3 is 2.40 bits per heavy atom. The summed E-state index contributed by atoms with van der Waals surface area (Å²) in [5.41, 5.74) is 0.321. The molecule has 1 rings (SSSR count). The number of hydrogen-bond acceptors (Lipinski definition) is 4. The Balaban J connectivity index is 2.71. The fourth-order valence-corrected chi connectivity index (χ4v) is 2.10. The molecule has 0 aliphatic carbocycles. The molecule has 0 aliphatic rings. The number of halogens is 1. The van der Waals surface area contributed by atoms with Crippen LogP contribution in [0.2, 0.25) is 0 Å². The minimum absolute atomic E-state index is 0.282. The van der Waals surface area contributed by atoms with Crippen molar-refractivity contribution in [1.82, 2.24) is 10.6 Å². The fraction of sp³-hybridized carbons (Fsp3) is 0.556. The van der Waals surface area contributed by atoms with Crippen LogP contribution in [0.4, 0.5) is 4.79 Å². The van der Waals surface area contributed by atoms with Gasteiger partial charge in [0.2, 0.25) is 5.91 Å². The minimum atomic E-state index is -0.887. The summed E-state index contributed by atoms with van der Waals surface area (Å²) in [7, 11) is 0. The van der Waals surface area contributed by atoms with Gasteiger partial charge in [-0.3, -0.25) is 4.79 Å². The molecule has 140 valence electrons. The van der Waals surface area contributed by atoms with Crippen LogP contribution in [0.3, 0.4) is 0 Å². The van der Waals surface area contributed by atoms with Gasteiger partial charge in [0.1, 0.15) is 11.6 Å². The lowest BCUT2D eigenvalue weighted by molar-refractivity contribution is -0.127. The van der Waals surface area contributed by atoms with Gasteiger partial charge in [0.25, 0.3) is 0 Å². The van der Waals surface area contributed by atoms with Crippen LogP contribution in [0.5, 0.6) is 0 Å². The molecule has 2 atom stereocenters. The first-order valence-electron chi connectivity index (χ1n) is 8.21. The lowest BCUT2D eigenvalue weighted by Crippen LogP contribution is -2.54. The van der Waals surface area contributed by atoms with E-state index in [2.05, 4.69) is 10.6 Å². The second-order valence-corrected chi connectivity index (χ2v) is 6.98. The summed E-state index contributed by atoms with van der Waals surface area (Å²) in [6.45, 7) is 7.63. The number of rotatable bonds is 8. The average molecular weight is 371 g/mol. The molecule has 0 saturated carbocycles. The van der Waals surface area contributed by atoms with Crippen LogP contribution < -0.4 is 10.6 Å². The first-order valence-corrected chi connectivity index (χ1v) is 8.75. The number of carbonyl (C=O) groups excluding carboxylic acids is 2. The highest BCUT2D eigenvalue weighted by atomic mass is 35.5. The molecule has 25 heavy (non-hydrogen) atoms. The Labute approximate surface area is 154 Å². The van der Waals surface area contributed by atoms with Crippen molar-refractivity contribution in [1.29, 1.82) is 0 Å². The molecular formula is C18H27ClN2O4. The molecule has 0 aliphatic heterocycles. The molecule has 0 saturated heterocycles. The Kier molecular flexibility index (Phi) is 8.72. The molecule has 1 aromatic carbocycles. The molecule has 0 aromatic heterocycles. The van der Waals surface area contributed by atoms with Crippen LogP contribution in [-0.2, 0) is 20.9 Å². The maximum atomic E-state index is 12.3. The smallest absolute Gasteiger partial charge is 0.408 e. The van der Waals surface area contributed by atoms with Gasteiger partial charge < -0.3 is 20.1 Å². The average Bonchev–Trinajstić information content (AvgIpc) is 2.54. The molecule has 6 nitrogen and oxygen atoms in total. The molecule has 2 N–H and O–H groups in total. The monoisotopic (exact) mass is 370 g/mol. The summed E-state index contributed by atoms with van der Waals surface area (Å²) in [6, 6.07) is 8.70. The van der Waals surface area contributed by atoms with E-state index in [0.29, 0.717) is 13.2 Å². The van der Waals surface area contributed by atoms with Gasteiger partial charge in [-0.2, -0.15) is 0 Å². The van der Waals surface area contributed by atoms with Crippen LogP contribution in [0.25, 0.3) is 0 Å². The predicted molar refractivity (Wildman–Crippen MR) is 97.6 cm³/mol. The number of benzene rings is 1. The molecular weight excluding hydrogens is 344 g/mol. The lowest BCUT2D eigenvalue weighted by atomic mass is 10.1. The number of nitrogens with one attached hydrogen (secondary N) is 2. The zero-order chi connectivity index (χ0) is 18.9. The van der Waals surface area contributed by atoms with Gasteiger partial charge in [-0.1, -0.05) is 30.3 Å². The third kappa shape index (κ3) is 8.74. The summed E-state index contributed by atoms with van der Waals surface area (Å²) in [5, 5.41) is 5.24. The van der Waals surface area contributed by atoms with E-state index in [1.807, 2.05) is 30.3 Å². The van der Waals surface area contributed by atoms with Gasteiger partial charge in [0.05, 0.1) is 12.7 Å². The molecule has 1 aromatic rings. The van der Waals surface area contributed by atoms with E-state index in [1.54, 1.807) is 27.7 Å². The van der Waals surface area contributed by atoms with Crippen molar-refractivity contribution < 1.29 is 19.1 Å². The van der Waals surface area contributed by atoms with Crippen LogP contribution in [0, 0.1) is 0 Å². The van der Waals surface area contributed by atoms with Gasteiger partial charge >= 0.3 is 6.09 Å². The van der Waals surface area contributed by atoms with Gasteiger partial charge in [-0.05, 0) is 33.3 Å². The molecule has 0 unspecified atom stereocenters. The SMILES string of the molecule is C[C@@H](OCc1ccccc1)[C@@H](NC(=O)OC(C)(C)C)C(=O)NCCCl. The van der Waals surface area contributed by atoms with Crippen molar-refractivity contribution >= 4 is 23.6 Å². The second kappa shape index (κ2) is 10.3. The van der Waals surface area contributed by atoms with Gasteiger partial charge in [-0.15, -0.1) is 11.6 Å². The summed E-state index contributed by atoms with van der Waals surface area (Å²) >= 11 is 5.61. The number of hydrogen-bond donors (Lipinski definition) is 2. The Hall–Kier alpha value is -1.79. The van der Waals surface area contributed by atoms with Crippen molar-refractivity contribution in [2.75, 3.05) is 12.4 Å². The Morgan fingerprint density at radius 1 is 1.20 bits per heavy atom. The Morgan fingerprint density at radius 2 is 1.84 bits per heavy atom. The van der Waals surface area contributed by atoms with Gasteiger partial charge in [-0.25, -0.2) is 4.79 Å². The minimum Gasteiger partial charge on any atom is -0.444 e. The van der Waals surface area contributed by atoms with Crippen molar-refractivity contribution in [3.05, 3.63) is 35.9 Å². The summed E-state index contributed by atoms with van der Waals surface area (Å²) in [6.07, 6.45) is -1.23. The summed E-state index contributed by atoms with van der Waals surface area (Å²) in [4.78, 5) is 24.4.